The summed E-state index contributed by atoms with van der Waals surface area (Å²) in [6.45, 7) is 0. The SMILES string of the molecule is N#Cc1c(-n2c(-c3cccc(Cl)c3Cl)n[nH]c2=O)[nH]c2ccc(C(F)(F)F)cc12. The van der Waals surface area contributed by atoms with Gasteiger partial charge >= 0.3 is 11.9 Å². The van der Waals surface area contributed by atoms with Crippen molar-refractivity contribution in [2.24, 2.45) is 0 Å². The number of hydrogen-bond acceptors (Lipinski definition) is 3. The molecule has 0 aliphatic carbocycles. The van der Waals surface area contributed by atoms with E-state index in [-0.39, 0.29) is 38.2 Å². The molecular formula is C18H8Cl2F3N5O. The summed E-state index contributed by atoms with van der Waals surface area (Å²) in [6, 6.07) is 9.50. The normalized spacial score (nSPS) is 11.7. The molecule has 0 saturated heterocycles. The van der Waals surface area contributed by atoms with Crippen LogP contribution in [0.25, 0.3) is 28.1 Å². The van der Waals surface area contributed by atoms with Crippen LogP contribution in [0.15, 0.2) is 41.2 Å². The fourth-order valence-electron chi connectivity index (χ4n) is 3.00. The van der Waals surface area contributed by atoms with Gasteiger partial charge in [-0.25, -0.2) is 14.5 Å². The predicted octanol–water partition coefficient (Wildman–Crippen LogP) is 4.91. The molecule has 0 bridgehead atoms. The van der Waals surface area contributed by atoms with Crippen LogP contribution in [0.1, 0.15) is 11.1 Å². The molecule has 11 heteroatoms. The minimum absolute atomic E-state index is 0.0218. The summed E-state index contributed by atoms with van der Waals surface area (Å²) in [5.74, 6) is 0.00761. The standard InChI is InChI=1S/C18H8Cl2F3N5O/c19-12-3-1-2-9(14(12)20)16-26-27-17(29)28(16)15-11(7-24)10-6-8(18(21,22)23)4-5-13(10)25-15/h1-6,25H,(H,27,29). The van der Waals surface area contributed by atoms with Gasteiger partial charge in [0.25, 0.3) is 0 Å². The minimum Gasteiger partial charge on any atom is -0.340 e. The summed E-state index contributed by atoms with van der Waals surface area (Å²) in [5, 5.41) is 16.2. The van der Waals surface area contributed by atoms with Gasteiger partial charge in [0.05, 0.1) is 15.6 Å². The van der Waals surface area contributed by atoms with E-state index in [4.69, 9.17) is 23.2 Å². The van der Waals surface area contributed by atoms with E-state index in [1.165, 1.54) is 6.07 Å². The molecular weight excluding hydrogens is 430 g/mol. The molecule has 0 aliphatic rings. The van der Waals surface area contributed by atoms with Crippen molar-refractivity contribution in [3.05, 3.63) is 68.1 Å². The van der Waals surface area contributed by atoms with Gasteiger partial charge in [0, 0.05) is 16.5 Å². The molecule has 0 amide bonds. The van der Waals surface area contributed by atoms with Gasteiger partial charge < -0.3 is 4.98 Å². The summed E-state index contributed by atoms with van der Waals surface area (Å²) in [5.41, 5.74) is -1.22. The molecule has 2 aromatic carbocycles. The van der Waals surface area contributed by atoms with Crippen molar-refractivity contribution < 1.29 is 13.2 Å². The highest BCUT2D eigenvalue weighted by molar-refractivity contribution is 6.43. The lowest BCUT2D eigenvalue weighted by molar-refractivity contribution is -0.137. The zero-order chi connectivity index (χ0) is 20.9. The molecule has 4 rings (SSSR count). The fraction of sp³-hybridized carbons (Fsp3) is 0.0556. The zero-order valence-electron chi connectivity index (χ0n) is 14.1. The first-order valence-corrected chi connectivity index (χ1v) is 8.73. The van der Waals surface area contributed by atoms with Crippen LogP contribution < -0.4 is 5.69 Å². The molecule has 29 heavy (non-hydrogen) atoms. The zero-order valence-corrected chi connectivity index (χ0v) is 15.6. The summed E-state index contributed by atoms with van der Waals surface area (Å²) in [4.78, 5) is 15.3. The number of nitriles is 1. The number of benzene rings is 2. The Bertz CT molecular complexity index is 1360. The summed E-state index contributed by atoms with van der Waals surface area (Å²) in [7, 11) is 0. The second-order valence-corrected chi connectivity index (χ2v) is 6.79. The highest BCUT2D eigenvalue weighted by Crippen LogP contribution is 2.36. The lowest BCUT2D eigenvalue weighted by Gasteiger charge is -2.07. The third-order valence-electron chi connectivity index (χ3n) is 4.31. The number of aromatic nitrogens is 4. The van der Waals surface area contributed by atoms with Crippen LogP contribution >= 0.6 is 23.2 Å². The van der Waals surface area contributed by atoms with Gasteiger partial charge in [-0.05, 0) is 30.3 Å². The molecule has 2 heterocycles. The second kappa shape index (κ2) is 6.69. The summed E-state index contributed by atoms with van der Waals surface area (Å²) >= 11 is 12.2. The van der Waals surface area contributed by atoms with E-state index in [2.05, 4.69) is 15.2 Å². The molecule has 2 N–H and O–H groups in total. The van der Waals surface area contributed by atoms with Crippen molar-refractivity contribution in [3.8, 4) is 23.3 Å². The molecule has 0 unspecified atom stereocenters. The van der Waals surface area contributed by atoms with E-state index in [1.807, 2.05) is 6.07 Å². The van der Waals surface area contributed by atoms with E-state index >= 15 is 0 Å². The van der Waals surface area contributed by atoms with Crippen molar-refractivity contribution in [2.75, 3.05) is 0 Å². The van der Waals surface area contributed by atoms with Crippen LogP contribution in [0.3, 0.4) is 0 Å². The van der Waals surface area contributed by atoms with Crippen LogP contribution in [0, 0.1) is 11.3 Å². The first-order valence-electron chi connectivity index (χ1n) is 7.97. The molecule has 0 atom stereocenters. The Kier molecular flexibility index (Phi) is 4.41. The average Bonchev–Trinajstić information content (AvgIpc) is 3.22. The Hall–Kier alpha value is -3.22. The number of alkyl halides is 3. The topological polar surface area (TPSA) is 90.3 Å². The molecule has 0 radical (unpaired) electrons. The highest BCUT2D eigenvalue weighted by Gasteiger charge is 2.31. The monoisotopic (exact) mass is 437 g/mol. The average molecular weight is 438 g/mol. The number of fused-ring (bicyclic) bond motifs is 1. The highest BCUT2D eigenvalue weighted by atomic mass is 35.5. The van der Waals surface area contributed by atoms with E-state index in [0.29, 0.717) is 5.56 Å². The van der Waals surface area contributed by atoms with Gasteiger partial charge in [-0.1, -0.05) is 29.3 Å². The third kappa shape index (κ3) is 3.06. The Morgan fingerprint density at radius 3 is 2.62 bits per heavy atom. The number of rotatable bonds is 2. The van der Waals surface area contributed by atoms with Crippen molar-refractivity contribution in [2.45, 2.75) is 6.18 Å². The molecule has 0 aliphatic heterocycles. The van der Waals surface area contributed by atoms with E-state index < -0.39 is 17.4 Å². The lowest BCUT2D eigenvalue weighted by Crippen LogP contribution is -2.17. The number of nitrogens with zero attached hydrogens (tertiary/aromatic N) is 3. The van der Waals surface area contributed by atoms with Gasteiger partial charge in [-0.15, -0.1) is 0 Å². The fourth-order valence-corrected chi connectivity index (χ4v) is 3.38. The third-order valence-corrected chi connectivity index (χ3v) is 5.13. The van der Waals surface area contributed by atoms with E-state index in [0.717, 1.165) is 16.7 Å². The van der Waals surface area contributed by atoms with E-state index in [1.54, 1.807) is 18.2 Å². The van der Waals surface area contributed by atoms with Crippen LogP contribution in [0.4, 0.5) is 13.2 Å². The molecule has 0 fully saturated rings. The number of H-pyrrole nitrogens is 2. The Morgan fingerprint density at radius 1 is 1.17 bits per heavy atom. The van der Waals surface area contributed by atoms with Crippen molar-refractivity contribution in [3.63, 3.8) is 0 Å². The number of nitrogens with one attached hydrogen (secondary N) is 2. The molecule has 4 aromatic rings. The van der Waals surface area contributed by atoms with Crippen LogP contribution in [0.2, 0.25) is 10.0 Å². The lowest BCUT2D eigenvalue weighted by atomic mass is 10.1. The largest absolute Gasteiger partial charge is 0.416 e. The van der Waals surface area contributed by atoms with Gasteiger partial charge in [-0.2, -0.15) is 23.5 Å². The molecule has 0 spiro atoms. The maximum Gasteiger partial charge on any atom is 0.416 e. The van der Waals surface area contributed by atoms with Crippen molar-refractivity contribution in [1.29, 1.82) is 5.26 Å². The van der Waals surface area contributed by atoms with Gasteiger partial charge in [0.1, 0.15) is 17.5 Å². The second-order valence-electron chi connectivity index (χ2n) is 6.01. The predicted molar refractivity (Wildman–Crippen MR) is 101 cm³/mol. The summed E-state index contributed by atoms with van der Waals surface area (Å²) < 4.78 is 40.2. The smallest absolute Gasteiger partial charge is 0.340 e. The quantitative estimate of drug-likeness (QED) is 0.466. The van der Waals surface area contributed by atoms with Crippen LogP contribution in [-0.4, -0.2) is 19.7 Å². The van der Waals surface area contributed by atoms with Gasteiger partial charge in [0.2, 0.25) is 0 Å². The Morgan fingerprint density at radius 2 is 1.93 bits per heavy atom. The van der Waals surface area contributed by atoms with Crippen LogP contribution in [-0.2, 0) is 6.18 Å². The molecule has 0 saturated carbocycles. The van der Waals surface area contributed by atoms with Gasteiger partial charge in [0.15, 0.2) is 5.82 Å². The first kappa shape index (κ1) is 19.1. The van der Waals surface area contributed by atoms with Gasteiger partial charge in [-0.3, -0.25) is 0 Å². The number of hydrogen-bond donors (Lipinski definition) is 2. The molecule has 146 valence electrons. The first-order chi connectivity index (χ1) is 13.7. The maximum atomic E-state index is 13.1. The number of aromatic amines is 2. The Balaban J connectivity index is 2.02. The van der Waals surface area contributed by atoms with Crippen molar-refractivity contribution >= 4 is 34.1 Å². The van der Waals surface area contributed by atoms with Crippen molar-refractivity contribution in [1.82, 2.24) is 19.7 Å². The maximum absolute atomic E-state index is 13.1. The van der Waals surface area contributed by atoms with Crippen LogP contribution in [0.5, 0.6) is 0 Å². The van der Waals surface area contributed by atoms with E-state index in [9.17, 15) is 23.2 Å². The molecule has 6 nitrogen and oxygen atoms in total. The summed E-state index contributed by atoms with van der Waals surface area (Å²) in [6.07, 6.45) is -4.58. The Labute approximate surface area is 170 Å². The molecule has 2 aromatic heterocycles. The number of halogens is 5. The minimum atomic E-state index is -4.58.